The zero-order valence-corrected chi connectivity index (χ0v) is 19.0. The van der Waals surface area contributed by atoms with Crippen molar-refractivity contribution in [3.05, 3.63) is 77.9 Å². The molecule has 1 N–H and O–H groups in total. The number of amides is 2. The Morgan fingerprint density at radius 3 is 2.41 bits per heavy atom. The summed E-state index contributed by atoms with van der Waals surface area (Å²) in [6.45, 7) is 5.68. The van der Waals surface area contributed by atoms with Crippen molar-refractivity contribution in [3.8, 4) is 11.5 Å². The van der Waals surface area contributed by atoms with E-state index in [1.807, 2.05) is 29.0 Å². The highest BCUT2D eigenvalue weighted by Crippen LogP contribution is 2.26. The number of rotatable bonds is 9. The molecule has 2 amide bonds. The molecule has 0 spiro atoms. The third-order valence-corrected chi connectivity index (χ3v) is 4.99. The van der Waals surface area contributed by atoms with Crippen LogP contribution in [0, 0.1) is 11.7 Å². The van der Waals surface area contributed by atoms with Gasteiger partial charge in [-0.2, -0.15) is 0 Å². The molecule has 0 aliphatic carbocycles. The van der Waals surface area contributed by atoms with Gasteiger partial charge in [-0.1, -0.05) is 26.0 Å². The number of urea groups is 1. The number of methoxy groups -OCH3 is 2. The number of benzene rings is 2. The molecule has 0 saturated carbocycles. The van der Waals surface area contributed by atoms with Crippen molar-refractivity contribution in [2.75, 3.05) is 26.1 Å². The Balaban J connectivity index is 1.78. The number of anilines is 1. The normalized spacial score (nSPS) is 10.8. The second-order valence-corrected chi connectivity index (χ2v) is 8.06. The number of hydrogen-bond donors (Lipinski definition) is 1. The molecule has 1 heterocycles. The predicted molar refractivity (Wildman–Crippen MR) is 124 cm³/mol. The minimum atomic E-state index is -0.259. The Morgan fingerprint density at radius 1 is 1.06 bits per heavy atom. The number of nitrogens with zero attached hydrogens (tertiary/aromatic N) is 2. The van der Waals surface area contributed by atoms with E-state index in [0.29, 0.717) is 36.8 Å². The molecule has 32 heavy (non-hydrogen) atoms. The van der Waals surface area contributed by atoms with E-state index >= 15 is 0 Å². The summed E-state index contributed by atoms with van der Waals surface area (Å²) in [5, 5.41) is 2.95. The van der Waals surface area contributed by atoms with E-state index in [9.17, 15) is 9.18 Å². The van der Waals surface area contributed by atoms with Gasteiger partial charge in [-0.3, -0.25) is 0 Å². The van der Waals surface area contributed by atoms with Gasteiger partial charge in [-0.05, 0) is 35.7 Å². The fourth-order valence-electron chi connectivity index (χ4n) is 3.52. The Kier molecular flexibility index (Phi) is 7.76. The van der Waals surface area contributed by atoms with Crippen LogP contribution in [0.25, 0.3) is 0 Å². The first-order chi connectivity index (χ1) is 15.4. The van der Waals surface area contributed by atoms with Crippen LogP contribution in [0.1, 0.15) is 25.1 Å². The molecule has 0 saturated heterocycles. The topological polar surface area (TPSA) is 55.7 Å². The quantitative estimate of drug-likeness (QED) is 0.487. The maximum absolute atomic E-state index is 13.6. The summed E-state index contributed by atoms with van der Waals surface area (Å²) in [4.78, 5) is 14.9. The zero-order valence-electron chi connectivity index (χ0n) is 19.0. The van der Waals surface area contributed by atoms with Crippen molar-refractivity contribution in [3.63, 3.8) is 0 Å². The van der Waals surface area contributed by atoms with Gasteiger partial charge in [-0.25, -0.2) is 9.18 Å². The molecule has 170 valence electrons. The summed E-state index contributed by atoms with van der Waals surface area (Å²) in [6.07, 6.45) is 1.94. The van der Waals surface area contributed by atoms with Crippen LogP contribution in [0.3, 0.4) is 0 Å². The molecule has 0 unspecified atom stereocenters. The van der Waals surface area contributed by atoms with Crippen molar-refractivity contribution in [2.24, 2.45) is 5.92 Å². The lowest BCUT2D eigenvalue weighted by molar-refractivity contribution is 0.200. The minimum absolute atomic E-state index is 0.215. The summed E-state index contributed by atoms with van der Waals surface area (Å²) >= 11 is 0. The average Bonchev–Trinajstić information content (AvgIpc) is 3.19. The van der Waals surface area contributed by atoms with Crippen LogP contribution in [-0.2, 0) is 13.1 Å². The van der Waals surface area contributed by atoms with Crippen LogP contribution in [0.5, 0.6) is 11.5 Å². The SMILES string of the molecule is COc1cc(NC(=O)N(Cc2cccn2Cc2cccc(F)c2)CC(C)C)cc(OC)c1. The van der Waals surface area contributed by atoms with E-state index in [-0.39, 0.29) is 17.8 Å². The summed E-state index contributed by atoms with van der Waals surface area (Å²) in [5.41, 5.74) is 2.43. The first-order valence-corrected chi connectivity index (χ1v) is 10.6. The maximum atomic E-state index is 13.6. The van der Waals surface area contributed by atoms with Crippen LogP contribution >= 0.6 is 0 Å². The molecule has 1 aromatic heterocycles. The number of hydrogen-bond acceptors (Lipinski definition) is 3. The number of nitrogens with one attached hydrogen (secondary N) is 1. The van der Waals surface area contributed by atoms with Crippen LogP contribution < -0.4 is 14.8 Å². The van der Waals surface area contributed by atoms with Gasteiger partial charge in [0.2, 0.25) is 0 Å². The number of aromatic nitrogens is 1. The summed E-state index contributed by atoms with van der Waals surface area (Å²) in [7, 11) is 3.14. The Morgan fingerprint density at radius 2 is 1.78 bits per heavy atom. The van der Waals surface area contributed by atoms with Crippen LogP contribution in [0.2, 0.25) is 0 Å². The first kappa shape index (κ1) is 23.2. The smallest absolute Gasteiger partial charge is 0.322 e. The highest BCUT2D eigenvalue weighted by Gasteiger charge is 2.18. The largest absolute Gasteiger partial charge is 0.497 e. The van der Waals surface area contributed by atoms with Crippen molar-refractivity contribution in [2.45, 2.75) is 26.9 Å². The predicted octanol–water partition coefficient (Wildman–Crippen LogP) is 5.38. The van der Waals surface area contributed by atoms with Gasteiger partial charge in [0.1, 0.15) is 17.3 Å². The third kappa shape index (κ3) is 6.26. The summed E-state index contributed by atoms with van der Waals surface area (Å²) < 4.78 is 26.2. The monoisotopic (exact) mass is 439 g/mol. The fourth-order valence-corrected chi connectivity index (χ4v) is 3.52. The van der Waals surface area contributed by atoms with Crippen molar-refractivity contribution < 1.29 is 18.7 Å². The molecule has 2 aromatic carbocycles. The molecule has 0 fully saturated rings. The molecule has 0 radical (unpaired) electrons. The van der Waals surface area contributed by atoms with Gasteiger partial charge in [0.15, 0.2) is 0 Å². The van der Waals surface area contributed by atoms with E-state index in [2.05, 4.69) is 19.2 Å². The Labute approximate surface area is 188 Å². The lowest BCUT2D eigenvalue weighted by Gasteiger charge is -2.26. The lowest BCUT2D eigenvalue weighted by Crippen LogP contribution is -2.37. The second kappa shape index (κ2) is 10.7. The number of halogens is 1. The molecule has 0 aliphatic heterocycles. The Bertz CT molecular complexity index is 1030. The molecule has 0 atom stereocenters. The third-order valence-electron chi connectivity index (χ3n) is 4.99. The maximum Gasteiger partial charge on any atom is 0.322 e. The number of carbonyl (C=O) groups excluding carboxylic acids is 1. The van der Waals surface area contributed by atoms with Crippen molar-refractivity contribution >= 4 is 11.7 Å². The summed E-state index contributed by atoms with van der Waals surface area (Å²) in [6, 6.07) is 15.5. The van der Waals surface area contributed by atoms with E-state index in [1.54, 1.807) is 43.4 Å². The van der Waals surface area contributed by atoms with Crippen LogP contribution in [0.4, 0.5) is 14.9 Å². The minimum Gasteiger partial charge on any atom is -0.497 e. The van der Waals surface area contributed by atoms with Crippen LogP contribution in [0.15, 0.2) is 60.8 Å². The van der Waals surface area contributed by atoms with Gasteiger partial charge in [-0.15, -0.1) is 0 Å². The van der Waals surface area contributed by atoms with E-state index in [0.717, 1.165) is 11.3 Å². The highest BCUT2D eigenvalue weighted by atomic mass is 19.1. The lowest BCUT2D eigenvalue weighted by atomic mass is 10.2. The number of ether oxygens (including phenoxy) is 2. The van der Waals surface area contributed by atoms with Crippen molar-refractivity contribution in [1.82, 2.24) is 9.47 Å². The van der Waals surface area contributed by atoms with Gasteiger partial charge < -0.3 is 24.3 Å². The molecule has 3 aromatic rings. The fraction of sp³-hybridized carbons (Fsp3) is 0.320. The van der Waals surface area contributed by atoms with Crippen LogP contribution in [-0.4, -0.2) is 36.3 Å². The van der Waals surface area contributed by atoms with E-state index < -0.39 is 0 Å². The van der Waals surface area contributed by atoms with Gasteiger partial charge in [0.05, 0.1) is 20.8 Å². The second-order valence-electron chi connectivity index (χ2n) is 8.06. The molecular weight excluding hydrogens is 409 g/mol. The Hall–Kier alpha value is -3.48. The van der Waals surface area contributed by atoms with Gasteiger partial charge in [0, 0.05) is 48.9 Å². The molecular formula is C25H30FN3O3. The number of carbonyl (C=O) groups is 1. The average molecular weight is 440 g/mol. The van der Waals surface area contributed by atoms with Gasteiger partial charge in [0.25, 0.3) is 0 Å². The molecule has 7 heteroatoms. The summed E-state index contributed by atoms with van der Waals surface area (Å²) in [5.74, 6) is 1.22. The van der Waals surface area contributed by atoms with E-state index in [1.165, 1.54) is 12.1 Å². The molecule has 6 nitrogen and oxygen atoms in total. The van der Waals surface area contributed by atoms with E-state index in [4.69, 9.17) is 9.47 Å². The van der Waals surface area contributed by atoms with Gasteiger partial charge >= 0.3 is 6.03 Å². The molecule has 3 rings (SSSR count). The standard InChI is InChI=1S/C25H30FN3O3/c1-18(2)15-29(25(30)27-21-12-23(31-3)14-24(13-21)32-4)17-22-9-6-10-28(22)16-19-7-5-8-20(26)11-19/h5-14,18H,15-17H2,1-4H3,(H,27,30). The van der Waals surface area contributed by atoms with Crippen molar-refractivity contribution in [1.29, 1.82) is 0 Å². The first-order valence-electron chi connectivity index (χ1n) is 10.6. The zero-order chi connectivity index (χ0) is 23.1. The molecule has 0 bridgehead atoms. The highest BCUT2D eigenvalue weighted by molar-refractivity contribution is 5.89. The molecule has 0 aliphatic rings.